The molecule has 2 atom stereocenters. The number of nitrogens with zero attached hydrogens (tertiary/aromatic N) is 1. The van der Waals surface area contributed by atoms with Gasteiger partial charge in [-0.2, -0.15) is 0 Å². The van der Waals surface area contributed by atoms with Crippen LogP contribution >= 0.6 is 0 Å². The fourth-order valence-electron chi connectivity index (χ4n) is 3.98. The highest BCUT2D eigenvalue weighted by molar-refractivity contribution is 6.44. The zero-order chi connectivity index (χ0) is 19.8. The second-order valence-electron chi connectivity index (χ2n) is 7.61. The van der Waals surface area contributed by atoms with E-state index in [2.05, 4.69) is 5.32 Å². The molecule has 2 saturated heterocycles. The third kappa shape index (κ3) is 3.55. The molecule has 3 aliphatic heterocycles. The van der Waals surface area contributed by atoms with Crippen molar-refractivity contribution in [1.82, 2.24) is 10.2 Å². The van der Waals surface area contributed by atoms with Crippen LogP contribution < -0.4 is 20.4 Å². The van der Waals surface area contributed by atoms with Crippen molar-refractivity contribution in [3.05, 3.63) is 23.3 Å². The first kappa shape index (κ1) is 19.0. The number of fused-ring (bicyclic) bond motifs is 1. The Labute approximate surface area is 162 Å². The Morgan fingerprint density at radius 2 is 2.18 bits per heavy atom. The van der Waals surface area contributed by atoms with Crippen LogP contribution in [0.25, 0.3) is 0 Å². The van der Waals surface area contributed by atoms with Crippen LogP contribution in [-0.2, 0) is 11.2 Å². The van der Waals surface area contributed by atoms with E-state index in [0.717, 1.165) is 25.1 Å². The molecule has 10 heteroatoms. The van der Waals surface area contributed by atoms with Gasteiger partial charge in [-0.15, -0.1) is 0 Å². The highest BCUT2D eigenvalue weighted by Crippen LogP contribution is 2.37. The van der Waals surface area contributed by atoms with Gasteiger partial charge in [-0.25, -0.2) is 4.79 Å². The molecule has 0 aromatic heterocycles. The molecule has 3 heterocycles. The van der Waals surface area contributed by atoms with Gasteiger partial charge in [-0.05, 0) is 49.8 Å². The second-order valence-corrected chi connectivity index (χ2v) is 7.61. The Bertz CT molecular complexity index is 779. The number of aryl methyl sites for hydroxylation is 1. The number of likely N-dealkylation sites (tertiary alicyclic amines) is 1. The number of benzene rings is 1. The largest absolute Gasteiger partial charge is 0.535 e. The third-order valence-corrected chi connectivity index (χ3v) is 5.67. The maximum atomic E-state index is 12.5. The zero-order valence-corrected chi connectivity index (χ0v) is 15.5. The van der Waals surface area contributed by atoms with Crippen molar-refractivity contribution in [1.29, 1.82) is 0 Å². The Balaban J connectivity index is 1.41. The van der Waals surface area contributed by atoms with Gasteiger partial charge in [0.1, 0.15) is 23.2 Å². The van der Waals surface area contributed by atoms with E-state index in [-0.39, 0.29) is 35.0 Å². The number of carbonyl (C=O) groups is 2. The molecular formula is C18H24BN3O6. The molecule has 9 nitrogen and oxygen atoms in total. The van der Waals surface area contributed by atoms with Crippen LogP contribution in [0.1, 0.15) is 22.3 Å². The molecule has 0 saturated carbocycles. The maximum absolute atomic E-state index is 12.5. The first-order valence-electron chi connectivity index (χ1n) is 9.59. The van der Waals surface area contributed by atoms with Gasteiger partial charge in [0.05, 0.1) is 19.1 Å². The Morgan fingerprint density at radius 3 is 2.86 bits per heavy atom. The van der Waals surface area contributed by atoms with Crippen LogP contribution in [0.15, 0.2) is 12.1 Å². The number of nitrogens with two attached hydrogens (primary N) is 1. The average Bonchev–Trinajstić information content (AvgIpc) is 3.17. The summed E-state index contributed by atoms with van der Waals surface area (Å²) in [6.45, 7) is 2.37. The number of ether oxygens (including phenoxy) is 1. The highest BCUT2D eigenvalue weighted by atomic mass is 16.5. The monoisotopic (exact) mass is 389 g/mol. The van der Waals surface area contributed by atoms with E-state index in [1.807, 2.05) is 0 Å². The van der Waals surface area contributed by atoms with Gasteiger partial charge in [0.15, 0.2) is 0 Å². The smallest absolute Gasteiger partial charge is 0.522 e. The molecule has 3 aliphatic rings. The topological polar surface area (TPSA) is 134 Å². The van der Waals surface area contributed by atoms with Crippen molar-refractivity contribution in [2.24, 2.45) is 11.7 Å². The number of hydrogen-bond acceptors (Lipinski definition) is 7. The van der Waals surface area contributed by atoms with Crippen molar-refractivity contribution in [3.63, 3.8) is 0 Å². The number of amides is 1. The molecule has 0 bridgehead atoms. The molecular weight excluding hydrogens is 365 g/mol. The minimum atomic E-state index is -1.18. The summed E-state index contributed by atoms with van der Waals surface area (Å²) in [7, 11) is -1.02. The minimum absolute atomic E-state index is 0.0882. The van der Waals surface area contributed by atoms with Crippen LogP contribution in [-0.4, -0.2) is 72.4 Å². The SMILES string of the molecule is NC(C(=O)N1CC(Oc2ccc3c(c2C(=O)O)OB(O)CC3)C1)C1CCNC1. The molecule has 1 aromatic carbocycles. The minimum Gasteiger partial charge on any atom is -0.535 e. The van der Waals surface area contributed by atoms with Crippen molar-refractivity contribution in [3.8, 4) is 11.5 Å². The Kier molecular flexibility index (Phi) is 5.18. The molecule has 5 N–H and O–H groups in total. The summed E-state index contributed by atoms with van der Waals surface area (Å²) in [5.41, 5.74) is 6.74. The van der Waals surface area contributed by atoms with E-state index in [1.165, 1.54) is 0 Å². The van der Waals surface area contributed by atoms with Crippen LogP contribution in [0, 0.1) is 5.92 Å². The first-order chi connectivity index (χ1) is 13.4. The van der Waals surface area contributed by atoms with Gasteiger partial charge in [0.25, 0.3) is 0 Å². The predicted octanol–water partition coefficient (Wildman–Crippen LogP) is -0.673. The summed E-state index contributed by atoms with van der Waals surface area (Å²) in [4.78, 5) is 25.9. The van der Waals surface area contributed by atoms with E-state index < -0.39 is 19.1 Å². The van der Waals surface area contributed by atoms with Crippen molar-refractivity contribution in [2.75, 3.05) is 26.2 Å². The summed E-state index contributed by atoms with van der Waals surface area (Å²) in [5.74, 6) is -0.781. The standard InChI is InChI=1S/C18H24BN3O6/c20-15(11-4-6-21-7-11)17(23)22-8-12(9-22)27-13-2-1-10-3-5-19(26)28-16(10)14(13)18(24)25/h1-2,11-12,15,21,26H,3-9,20H2,(H,24,25). The fraction of sp³-hybridized carbons (Fsp3) is 0.556. The van der Waals surface area contributed by atoms with Crippen LogP contribution in [0.5, 0.6) is 11.5 Å². The normalized spacial score (nSPS) is 22.9. The quantitative estimate of drug-likeness (QED) is 0.487. The molecule has 1 amide bonds. The molecule has 1 aromatic rings. The van der Waals surface area contributed by atoms with Gasteiger partial charge in [-0.3, -0.25) is 4.79 Å². The number of nitrogens with one attached hydrogen (secondary N) is 1. The summed E-state index contributed by atoms with van der Waals surface area (Å²) in [6, 6.07) is 2.85. The molecule has 2 fully saturated rings. The number of carbonyl (C=O) groups excluding carboxylic acids is 1. The lowest BCUT2D eigenvalue weighted by Gasteiger charge is -2.41. The van der Waals surface area contributed by atoms with Crippen LogP contribution in [0.2, 0.25) is 6.32 Å². The number of carboxylic acid groups (broad SMARTS) is 1. The van der Waals surface area contributed by atoms with E-state index in [1.54, 1.807) is 17.0 Å². The maximum Gasteiger partial charge on any atom is 0.522 e. The second kappa shape index (κ2) is 7.61. The molecule has 0 radical (unpaired) electrons. The fourth-order valence-corrected chi connectivity index (χ4v) is 3.98. The molecule has 4 rings (SSSR count). The molecule has 0 aliphatic carbocycles. The Hall–Kier alpha value is -2.30. The zero-order valence-electron chi connectivity index (χ0n) is 15.5. The lowest BCUT2D eigenvalue weighted by molar-refractivity contribution is -0.142. The number of aromatic carboxylic acids is 1. The summed E-state index contributed by atoms with van der Waals surface area (Å²) in [6.07, 6.45) is 1.55. The lowest BCUT2D eigenvalue weighted by Crippen LogP contribution is -2.61. The number of hydrogen-bond donors (Lipinski definition) is 4. The Morgan fingerprint density at radius 1 is 1.39 bits per heavy atom. The van der Waals surface area contributed by atoms with Gasteiger partial charge >= 0.3 is 13.1 Å². The molecule has 2 unspecified atom stereocenters. The first-order valence-corrected chi connectivity index (χ1v) is 9.59. The predicted molar refractivity (Wildman–Crippen MR) is 100 cm³/mol. The molecule has 150 valence electrons. The molecule has 0 spiro atoms. The van der Waals surface area contributed by atoms with Crippen molar-refractivity contribution in [2.45, 2.75) is 31.3 Å². The van der Waals surface area contributed by atoms with Gasteiger partial charge < -0.3 is 35.5 Å². The van der Waals surface area contributed by atoms with Crippen LogP contribution in [0.4, 0.5) is 0 Å². The van der Waals surface area contributed by atoms with E-state index in [9.17, 15) is 19.7 Å². The van der Waals surface area contributed by atoms with Crippen molar-refractivity contribution >= 4 is 19.0 Å². The summed E-state index contributed by atoms with van der Waals surface area (Å²) < 4.78 is 11.2. The third-order valence-electron chi connectivity index (χ3n) is 5.67. The van der Waals surface area contributed by atoms with Gasteiger partial charge in [0.2, 0.25) is 5.91 Å². The van der Waals surface area contributed by atoms with Crippen molar-refractivity contribution < 1.29 is 29.1 Å². The summed E-state index contributed by atoms with van der Waals surface area (Å²) in [5, 5.41) is 22.5. The van der Waals surface area contributed by atoms with Crippen LogP contribution in [0.3, 0.4) is 0 Å². The van der Waals surface area contributed by atoms with E-state index in [4.69, 9.17) is 15.1 Å². The van der Waals surface area contributed by atoms with Gasteiger partial charge in [0, 0.05) is 0 Å². The summed E-state index contributed by atoms with van der Waals surface area (Å²) >= 11 is 0. The molecule has 28 heavy (non-hydrogen) atoms. The van der Waals surface area contributed by atoms with Gasteiger partial charge in [-0.1, -0.05) is 6.07 Å². The van der Waals surface area contributed by atoms with E-state index in [0.29, 0.717) is 25.8 Å². The highest BCUT2D eigenvalue weighted by Gasteiger charge is 2.39. The lowest BCUT2D eigenvalue weighted by atomic mass is 9.78. The average molecular weight is 389 g/mol. The number of rotatable bonds is 5. The number of carboxylic acids is 1. The van der Waals surface area contributed by atoms with E-state index >= 15 is 0 Å².